The van der Waals surface area contributed by atoms with Crippen LogP contribution in [-0.4, -0.2) is 22.3 Å². The number of benzene rings is 1. The van der Waals surface area contributed by atoms with E-state index < -0.39 is 0 Å². The van der Waals surface area contributed by atoms with Crippen molar-refractivity contribution in [3.05, 3.63) is 53.0 Å². The Morgan fingerprint density at radius 3 is 2.64 bits per heavy atom. The van der Waals surface area contributed by atoms with Gasteiger partial charge in [0.25, 0.3) is 0 Å². The van der Waals surface area contributed by atoms with Crippen LogP contribution in [0, 0.1) is 25.2 Å². The molecule has 2 aromatic heterocycles. The van der Waals surface area contributed by atoms with Gasteiger partial charge in [-0.15, -0.1) is 10.2 Å². The van der Waals surface area contributed by atoms with E-state index in [0.717, 1.165) is 22.6 Å². The van der Waals surface area contributed by atoms with Crippen LogP contribution in [0.25, 0.3) is 11.5 Å². The number of hydrogen-bond acceptors (Lipinski definition) is 7. The van der Waals surface area contributed by atoms with Crippen molar-refractivity contribution in [2.24, 2.45) is 0 Å². The number of aryl methyl sites for hydroxylation is 2. The second-order valence-corrected chi connectivity index (χ2v) is 6.35. The predicted molar refractivity (Wildman–Crippen MR) is 94.3 cm³/mol. The smallest absolute Gasteiger partial charge is 0.247 e. The fraction of sp³-hybridized carbons (Fsp3) is 0.222. The van der Waals surface area contributed by atoms with Gasteiger partial charge in [0.2, 0.25) is 11.8 Å². The first-order valence-corrected chi connectivity index (χ1v) is 8.57. The molecule has 2 heterocycles. The van der Waals surface area contributed by atoms with Crippen LogP contribution in [0.1, 0.15) is 22.7 Å². The minimum atomic E-state index is 0.451. The third-order valence-corrected chi connectivity index (χ3v) is 4.52. The molecule has 0 N–H and O–H groups in total. The largest absolute Gasteiger partial charge is 0.497 e. The molecule has 0 aliphatic carbocycles. The molecule has 0 fully saturated rings. The predicted octanol–water partition coefficient (Wildman–Crippen LogP) is 3.92. The van der Waals surface area contributed by atoms with Gasteiger partial charge in [-0.25, -0.2) is 4.98 Å². The van der Waals surface area contributed by atoms with Crippen LogP contribution in [0.3, 0.4) is 0 Å². The molecule has 0 aliphatic rings. The van der Waals surface area contributed by atoms with Gasteiger partial charge in [0.15, 0.2) is 0 Å². The number of nitrogens with zero attached hydrogens (tertiary/aromatic N) is 4. The Morgan fingerprint density at radius 1 is 1.20 bits per heavy atom. The minimum absolute atomic E-state index is 0.451. The van der Waals surface area contributed by atoms with Crippen molar-refractivity contribution in [3.63, 3.8) is 0 Å². The molecule has 0 aliphatic heterocycles. The van der Waals surface area contributed by atoms with Gasteiger partial charge in [0.05, 0.1) is 18.4 Å². The number of thioether (sulfide) groups is 1. The van der Waals surface area contributed by atoms with Crippen LogP contribution >= 0.6 is 11.8 Å². The third kappa shape index (κ3) is 3.80. The Hall–Kier alpha value is -2.85. The summed E-state index contributed by atoms with van der Waals surface area (Å²) in [5.41, 5.74) is 3.21. The molecule has 3 aromatic rings. The number of rotatable bonds is 5. The highest BCUT2D eigenvalue weighted by Gasteiger charge is 2.13. The van der Waals surface area contributed by atoms with E-state index >= 15 is 0 Å². The molecule has 0 spiro atoms. The van der Waals surface area contributed by atoms with Gasteiger partial charge in [0.1, 0.15) is 16.8 Å². The van der Waals surface area contributed by atoms with Crippen molar-refractivity contribution < 1.29 is 9.15 Å². The summed E-state index contributed by atoms with van der Waals surface area (Å²) in [5.74, 6) is 2.16. The SMILES string of the molecule is COc1ccc(-c2nnc(CSc3nc(C)cc(C)c3C#N)o2)cc1. The Kier molecular flexibility index (Phi) is 5.00. The van der Waals surface area contributed by atoms with Gasteiger partial charge < -0.3 is 9.15 Å². The first-order valence-electron chi connectivity index (χ1n) is 7.58. The van der Waals surface area contributed by atoms with Gasteiger partial charge in [-0.2, -0.15) is 5.26 Å². The quantitative estimate of drug-likeness (QED) is 0.643. The van der Waals surface area contributed by atoms with Crippen molar-refractivity contribution in [1.82, 2.24) is 15.2 Å². The Labute approximate surface area is 149 Å². The highest BCUT2D eigenvalue weighted by Crippen LogP contribution is 2.28. The lowest BCUT2D eigenvalue weighted by Gasteiger charge is -2.05. The maximum Gasteiger partial charge on any atom is 0.247 e. The summed E-state index contributed by atoms with van der Waals surface area (Å²) in [5, 5.41) is 18.1. The highest BCUT2D eigenvalue weighted by molar-refractivity contribution is 7.98. The van der Waals surface area contributed by atoms with Crippen LogP contribution in [-0.2, 0) is 5.75 Å². The number of aromatic nitrogens is 3. The highest BCUT2D eigenvalue weighted by atomic mass is 32.2. The van der Waals surface area contributed by atoms with Gasteiger partial charge in [-0.1, -0.05) is 11.8 Å². The molecule has 0 atom stereocenters. The Morgan fingerprint density at radius 2 is 1.96 bits per heavy atom. The Bertz CT molecular complexity index is 929. The van der Waals surface area contributed by atoms with E-state index in [9.17, 15) is 5.26 Å². The average molecular weight is 352 g/mol. The Balaban J connectivity index is 1.75. The summed E-state index contributed by atoms with van der Waals surface area (Å²) < 4.78 is 10.8. The molecule has 7 heteroatoms. The molecular weight excluding hydrogens is 336 g/mol. The number of nitriles is 1. The van der Waals surface area contributed by atoms with E-state index in [1.54, 1.807) is 7.11 Å². The van der Waals surface area contributed by atoms with Gasteiger partial charge >= 0.3 is 0 Å². The molecule has 0 amide bonds. The summed E-state index contributed by atoms with van der Waals surface area (Å²) in [7, 11) is 1.62. The number of methoxy groups -OCH3 is 1. The normalized spacial score (nSPS) is 10.5. The monoisotopic (exact) mass is 352 g/mol. The average Bonchev–Trinajstić information content (AvgIpc) is 3.08. The molecule has 0 bridgehead atoms. The lowest BCUT2D eigenvalue weighted by Crippen LogP contribution is -1.94. The van der Waals surface area contributed by atoms with Gasteiger partial charge in [-0.05, 0) is 49.7 Å². The number of hydrogen-bond donors (Lipinski definition) is 0. The number of pyridine rings is 1. The summed E-state index contributed by atoms with van der Waals surface area (Å²) in [6.45, 7) is 3.82. The maximum absolute atomic E-state index is 9.32. The molecule has 0 saturated heterocycles. The van der Waals surface area contributed by atoms with Crippen LogP contribution in [0.15, 0.2) is 39.8 Å². The van der Waals surface area contributed by atoms with E-state index in [2.05, 4.69) is 21.3 Å². The van der Waals surface area contributed by atoms with Gasteiger partial charge in [0, 0.05) is 11.3 Å². The molecular formula is C18H16N4O2S. The first kappa shape index (κ1) is 17.0. The van der Waals surface area contributed by atoms with Gasteiger partial charge in [-0.3, -0.25) is 0 Å². The second-order valence-electron chi connectivity index (χ2n) is 5.39. The topological polar surface area (TPSA) is 84.8 Å². The fourth-order valence-corrected chi connectivity index (χ4v) is 3.27. The van der Waals surface area contributed by atoms with Crippen LogP contribution in [0.5, 0.6) is 5.75 Å². The van der Waals surface area contributed by atoms with E-state index in [1.165, 1.54) is 11.8 Å². The lowest BCUT2D eigenvalue weighted by atomic mass is 10.1. The van der Waals surface area contributed by atoms with E-state index in [-0.39, 0.29) is 0 Å². The zero-order valence-electron chi connectivity index (χ0n) is 14.1. The van der Waals surface area contributed by atoms with Crippen molar-refractivity contribution in [2.75, 3.05) is 7.11 Å². The van der Waals surface area contributed by atoms with E-state index in [4.69, 9.17) is 9.15 Å². The third-order valence-electron chi connectivity index (χ3n) is 3.56. The summed E-state index contributed by atoms with van der Waals surface area (Å²) >= 11 is 1.42. The molecule has 0 saturated carbocycles. The first-order chi connectivity index (χ1) is 12.1. The molecule has 25 heavy (non-hydrogen) atoms. The molecule has 6 nitrogen and oxygen atoms in total. The van der Waals surface area contributed by atoms with E-state index in [0.29, 0.717) is 28.1 Å². The molecule has 126 valence electrons. The maximum atomic E-state index is 9.32. The van der Waals surface area contributed by atoms with Crippen LogP contribution in [0.4, 0.5) is 0 Å². The molecule has 0 unspecified atom stereocenters. The second kappa shape index (κ2) is 7.36. The van der Waals surface area contributed by atoms with Crippen molar-refractivity contribution in [2.45, 2.75) is 24.6 Å². The molecule has 3 rings (SSSR count). The standard InChI is InChI=1S/C18H16N4O2S/c1-11-8-12(2)20-18(15(11)9-19)25-10-16-21-22-17(24-16)13-4-6-14(23-3)7-5-13/h4-8H,10H2,1-3H3. The summed E-state index contributed by atoms with van der Waals surface area (Å²) in [6, 6.07) is 11.5. The number of ether oxygens (including phenoxy) is 1. The minimum Gasteiger partial charge on any atom is -0.497 e. The molecule has 0 radical (unpaired) electrons. The molecule has 1 aromatic carbocycles. The summed E-state index contributed by atoms with van der Waals surface area (Å²) in [4.78, 5) is 4.44. The van der Waals surface area contributed by atoms with Crippen molar-refractivity contribution in [1.29, 1.82) is 5.26 Å². The fourth-order valence-electron chi connectivity index (χ4n) is 2.34. The van der Waals surface area contributed by atoms with Crippen LogP contribution < -0.4 is 4.74 Å². The van der Waals surface area contributed by atoms with Crippen LogP contribution in [0.2, 0.25) is 0 Å². The van der Waals surface area contributed by atoms with E-state index in [1.807, 2.05) is 44.2 Å². The van der Waals surface area contributed by atoms with Crippen molar-refractivity contribution in [3.8, 4) is 23.3 Å². The zero-order chi connectivity index (χ0) is 17.8. The zero-order valence-corrected chi connectivity index (χ0v) is 14.9. The lowest BCUT2D eigenvalue weighted by molar-refractivity contribution is 0.415. The van der Waals surface area contributed by atoms with Crippen molar-refractivity contribution >= 4 is 11.8 Å². The summed E-state index contributed by atoms with van der Waals surface area (Å²) in [6.07, 6.45) is 0.